The normalized spacial score (nSPS) is 15.7. The van der Waals surface area contributed by atoms with Crippen LogP contribution in [0.3, 0.4) is 0 Å². The molecule has 0 unspecified atom stereocenters. The van der Waals surface area contributed by atoms with E-state index in [1.165, 1.54) is 0 Å². The Morgan fingerprint density at radius 1 is 1.23 bits per heavy atom. The third-order valence-electron chi connectivity index (χ3n) is 4.15. The lowest BCUT2D eigenvalue weighted by atomic mass is 9.87. The maximum atomic E-state index is 12.7. The molecule has 114 valence electrons. The second-order valence-corrected chi connectivity index (χ2v) is 6.82. The number of amides is 1. The van der Waals surface area contributed by atoms with E-state index in [2.05, 4.69) is 13.8 Å². The lowest BCUT2D eigenvalue weighted by Crippen LogP contribution is -2.34. The number of nitrogens with two attached hydrogens (primary N) is 1. The van der Waals surface area contributed by atoms with Gasteiger partial charge in [-0.05, 0) is 29.8 Å². The number of hydrogen-bond donors (Lipinski definition) is 1. The van der Waals surface area contributed by atoms with E-state index >= 15 is 0 Å². The number of anilines is 2. The van der Waals surface area contributed by atoms with E-state index in [-0.39, 0.29) is 11.3 Å². The molecule has 1 aliphatic heterocycles. The van der Waals surface area contributed by atoms with Gasteiger partial charge in [-0.15, -0.1) is 0 Å². The number of halogens is 1. The Kier molecular flexibility index (Phi) is 3.61. The van der Waals surface area contributed by atoms with Crippen molar-refractivity contribution in [2.75, 3.05) is 17.2 Å². The van der Waals surface area contributed by atoms with Gasteiger partial charge in [-0.3, -0.25) is 4.79 Å². The minimum Gasteiger partial charge on any atom is -0.399 e. The van der Waals surface area contributed by atoms with Crippen LogP contribution < -0.4 is 10.6 Å². The van der Waals surface area contributed by atoms with Crippen molar-refractivity contribution in [3.8, 4) is 0 Å². The van der Waals surface area contributed by atoms with Gasteiger partial charge in [0, 0.05) is 33.9 Å². The van der Waals surface area contributed by atoms with Gasteiger partial charge in [-0.1, -0.05) is 43.6 Å². The molecule has 2 aromatic carbocycles. The minimum atomic E-state index is -0.134. The van der Waals surface area contributed by atoms with Crippen molar-refractivity contribution in [1.82, 2.24) is 0 Å². The molecule has 22 heavy (non-hydrogen) atoms. The van der Waals surface area contributed by atoms with Gasteiger partial charge >= 0.3 is 0 Å². The number of benzene rings is 2. The molecule has 0 radical (unpaired) electrons. The van der Waals surface area contributed by atoms with Crippen LogP contribution in [-0.4, -0.2) is 12.5 Å². The summed E-state index contributed by atoms with van der Waals surface area (Å²) in [7, 11) is 0. The second-order valence-electron chi connectivity index (χ2n) is 6.42. The van der Waals surface area contributed by atoms with Crippen LogP contribution in [0.5, 0.6) is 0 Å². The van der Waals surface area contributed by atoms with Crippen LogP contribution in [0.1, 0.15) is 25.0 Å². The summed E-state index contributed by atoms with van der Waals surface area (Å²) >= 11 is 6.35. The molecule has 3 rings (SSSR count). The fraction of sp³-hybridized carbons (Fsp3) is 0.278. The first-order chi connectivity index (χ1) is 10.4. The molecule has 0 saturated carbocycles. The highest BCUT2D eigenvalue weighted by Gasteiger charge is 2.39. The monoisotopic (exact) mass is 314 g/mol. The molecule has 3 nitrogen and oxygen atoms in total. The Labute approximate surface area is 135 Å². The van der Waals surface area contributed by atoms with E-state index in [9.17, 15) is 4.79 Å². The lowest BCUT2D eigenvalue weighted by molar-refractivity contribution is -0.118. The second kappa shape index (κ2) is 5.33. The first-order valence-electron chi connectivity index (χ1n) is 7.32. The Hall–Kier alpha value is -2.00. The molecule has 0 spiro atoms. The third-order valence-corrected chi connectivity index (χ3v) is 4.46. The van der Waals surface area contributed by atoms with Crippen LogP contribution in [0.25, 0.3) is 0 Å². The van der Waals surface area contributed by atoms with Crippen molar-refractivity contribution >= 4 is 28.9 Å². The van der Waals surface area contributed by atoms with Crippen LogP contribution in [0, 0.1) is 0 Å². The highest BCUT2D eigenvalue weighted by atomic mass is 35.5. The zero-order valence-electron chi connectivity index (χ0n) is 12.8. The first-order valence-corrected chi connectivity index (χ1v) is 7.70. The molecular formula is C18H19ClN2O. The number of rotatable bonds is 2. The summed E-state index contributed by atoms with van der Waals surface area (Å²) in [5.41, 5.74) is 9.21. The Balaban J connectivity index is 1.89. The SMILES string of the molecule is CC1(C)CN(C(=O)Cc2ccc(N)cc2)c2cccc(Cl)c21. The fourth-order valence-electron chi connectivity index (χ4n) is 3.10. The van der Waals surface area contributed by atoms with Crippen LogP contribution in [0.15, 0.2) is 42.5 Å². The fourth-order valence-corrected chi connectivity index (χ4v) is 3.52. The Morgan fingerprint density at radius 2 is 1.91 bits per heavy atom. The highest BCUT2D eigenvalue weighted by Crippen LogP contribution is 2.44. The van der Waals surface area contributed by atoms with E-state index in [1.807, 2.05) is 47.4 Å². The zero-order valence-corrected chi connectivity index (χ0v) is 13.5. The smallest absolute Gasteiger partial charge is 0.231 e. The third kappa shape index (κ3) is 2.57. The van der Waals surface area contributed by atoms with Crippen molar-refractivity contribution in [2.45, 2.75) is 25.7 Å². The summed E-state index contributed by atoms with van der Waals surface area (Å²) in [6.45, 7) is 4.89. The molecule has 0 saturated heterocycles. The molecule has 4 heteroatoms. The van der Waals surface area contributed by atoms with E-state index < -0.39 is 0 Å². The van der Waals surface area contributed by atoms with Crippen LogP contribution in [-0.2, 0) is 16.6 Å². The van der Waals surface area contributed by atoms with Gasteiger partial charge < -0.3 is 10.6 Å². The molecule has 1 amide bonds. The largest absolute Gasteiger partial charge is 0.399 e. The number of nitrogen functional groups attached to an aromatic ring is 1. The van der Waals surface area contributed by atoms with E-state index in [1.54, 1.807) is 0 Å². The minimum absolute atomic E-state index is 0.0823. The van der Waals surface area contributed by atoms with Gasteiger partial charge in [0.25, 0.3) is 0 Å². The maximum absolute atomic E-state index is 12.7. The van der Waals surface area contributed by atoms with Crippen LogP contribution in [0.4, 0.5) is 11.4 Å². The average molecular weight is 315 g/mol. The number of carbonyl (C=O) groups is 1. The summed E-state index contributed by atoms with van der Waals surface area (Å²) in [6.07, 6.45) is 0.363. The zero-order chi connectivity index (χ0) is 15.9. The summed E-state index contributed by atoms with van der Waals surface area (Å²) in [6, 6.07) is 13.2. The summed E-state index contributed by atoms with van der Waals surface area (Å²) in [5.74, 6) is 0.0823. The van der Waals surface area contributed by atoms with Crippen LogP contribution in [0.2, 0.25) is 5.02 Å². The summed E-state index contributed by atoms with van der Waals surface area (Å²) in [4.78, 5) is 14.6. The van der Waals surface area contributed by atoms with E-state index in [0.717, 1.165) is 21.8 Å². The molecule has 2 N–H and O–H groups in total. The van der Waals surface area contributed by atoms with E-state index in [4.69, 9.17) is 17.3 Å². The van der Waals surface area contributed by atoms with Gasteiger partial charge in [0.1, 0.15) is 0 Å². The number of carbonyl (C=O) groups excluding carboxylic acids is 1. The number of nitrogens with zero attached hydrogens (tertiary/aromatic N) is 1. The van der Waals surface area contributed by atoms with Gasteiger partial charge in [-0.25, -0.2) is 0 Å². The predicted molar refractivity (Wildman–Crippen MR) is 91.4 cm³/mol. The molecule has 0 fully saturated rings. The van der Waals surface area contributed by atoms with Crippen molar-refractivity contribution in [2.24, 2.45) is 0 Å². The predicted octanol–water partition coefficient (Wildman–Crippen LogP) is 3.79. The van der Waals surface area contributed by atoms with Gasteiger partial charge in [0.05, 0.1) is 6.42 Å². The molecule has 1 aliphatic rings. The highest BCUT2D eigenvalue weighted by molar-refractivity contribution is 6.32. The summed E-state index contributed by atoms with van der Waals surface area (Å²) < 4.78 is 0. The summed E-state index contributed by atoms with van der Waals surface area (Å²) in [5, 5.41) is 0.727. The van der Waals surface area contributed by atoms with Crippen molar-refractivity contribution in [3.05, 3.63) is 58.6 Å². The van der Waals surface area contributed by atoms with Crippen molar-refractivity contribution in [1.29, 1.82) is 0 Å². The molecule has 0 atom stereocenters. The van der Waals surface area contributed by atoms with Crippen molar-refractivity contribution < 1.29 is 4.79 Å². The molecule has 0 bridgehead atoms. The number of hydrogen-bond acceptors (Lipinski definition) is 2. The average Bonchev–Trinajstić information content (AvgIpc) is 2.74. The standard InChI is InChI=1S/C18H19ClN2O/c1-18(2)11-21(15-5-3-4-14(19)17(15)18)16(22)10-12-6-8-13(20)9-7-12/h3-9H,10-11,20H2,1-2H3. The lowest BCUT2D eigenvalue weighted by Gasteiger charge is -2.21. The van der Waals surface area contributed by atoms with Gasteiger partial charge in [0.2, 0.25) is 5.91 Å². The quantitative estimate of drug-likeness (QED) is 0.857. The van der Waals surface area contributed by atoms with Crippen molar-refractivity contribution in [3.63, 3.8) is 0 Å². The van der Waals surface area contributed by atoms with Gasteiger partial charge in [0.15, 0.2) is 0 Å². The maximum Gasteiger partial charge on any atom is 0.231 e. The molecular weight excluding hydrogens is 296 g/mol. The Morgan fingerprint density at radius 3 is 2.59 bits per heavy atom. The Bertz CT molecular complexity index is 722. The molecule has 0 aliphatic carbocycles. The number of fused-ring (bicyclic) bond motifs is 1. The molecule has 0 aromatic heterocycles. The first kappa shape index (κ1) is 14.9. The van der Waals surface area contributed by atoms with Gasteiger partial charge in [-0.2, -0.15) is 0 Å². The molecule has 2 aromatic rings. The van der Waals surface area contributed by atoms with E-state index in [0.29, 0.717) is 18.7 Å². The topological polar surface area (TPSA) is 46.3 Å². The van der Waals surface area contributed by atoms with Crippen LogP contribution >= 0.6 is 11.6 Å². The molecule has 1 heterocycles.